The van der Waals surface area contributed by atoms with Crippen LogP contribution in [-0.4, -0.2) is 56.5 Å². The summed E-state index contributed by atoms with van der Waals surface area (Å²) in [6, 6.07) is 0.652. The molecule has 3 fully saturated rings. The fraction of sp³-hybridized carbons (Fsp3) is 1.00. The second kappa shape index (κ2) is 5.58. The topological polar surface area (TPSA) is 49.4 Å². The summed E-state index contributed by atoms with van der Waals surface area (Å²) in [5.41, 5.74) is 0.336. The Balaban J connectivity index is 1.61. The van der Waals surface area contributed by atoms with E-state index in [4.69, 9.17) is 0 Å². The summed E-state index contributed by atoms with van der Waals surface area (Å²) in [4.78, 5) is 2.64. The lowest BCUT2D eigenvalue weighted by Gasteiger charge is -2.48. The van der Waals surface area contributed by atoms with Gasteiger partial charge in [0.1, 0.15) is 9.84 Å². The van der Waals surface area contributed by atoms with Gasteiger partial charge in [-0.1, -0.05) is 12.8 Å². The Hall–Kier alpha value is -0.130. The number of piperazine rings is 1. The normalized spacial score (nSPS) is 30.9. The van der Waals surface area contributed by atoms with Crippen LogP contribution in [0.25, 0.3) is 0 Å². The Kier molecular flexibility index (Phi) is 4.13. The van der Waals surface area contributed by atoms with E-state index in [1.54, 1.807) is 0 Å². The first-order valence-corrected chi connectivity index (χ1v) is 10.2. The van der Waals surface area contributed by atoms with Crippen molar-refractivity contribution >= 4 is 9.84 Å². The van der Waals surface area contributed by atoms with Gasteiger partial charge in [-0.05, 0) is 44.6 Å². The van der Waals surface area contributed by atoms with Crippen molar-refractivity contribution in [2.45, 2.75) is 56.5 Å². The third-order valence-electron chi connectivity index (χ3n) is 5.45. The molecule has 0 aromatic carbocycles. The molecule has 20 heavy (non-hydrogen) atoms. The van der Waals surface area contributed by atoms with E-state index in [0.717, 1.165) is 32.0 Å². The first-order chi connectivity index (χ1) is 9.49. The first-order valence-electron chi connectivity index (χ1n) is 8.15. The van der Waals surface area contributed by atoms with Gasteiger partial charge >= 0.3 is 0 Å². The van der Waals surface area contributed by atoms with E-state index in [-0.39, 0.29) is 0 Å². The van der Waals surface area contributed by atoms with Gasteiger partial charge in [-0.15, -0.1) is 0 Å². The van der Waals surface area contributed by atoms with Gasteiger partial charge in [0.15, 0.2) is 0 Å². The summed E-state index contributed by atoms with van der Waals surface area (Å²) in [5, 5.41) is 3.79. The Morgan fingerprint density at radius 2 is 1.95 bits per heavy atom. The van der Waals surface area contributed by atoms with Crippen molar-refractivity contribution in [2.24, 2.45) is 5.92 Å². The molecule has 5 heteroatoms. The number of hydrogen-bond acceptors (Lipinski definition) is 4. The third-order valence-corrected chi connectivity index (χ3v) is 6.48. The Morgan fingerprint density at radius 1 is 1.25 bits per heavy atom. The number of nitrogens with zero attached hydrogens (tertiary/aromatic N) is 1. The lowest BCUT2D eigenvalue weighted by atomic mass is 9.89. The van der Waals surface area contributed by atoms with Gasteiger partial charge in [0, 0.05) is 30.9 Å². The summed E-state index contributed by atoms with van der Waals surface area (Å²) >= 11 is 0. The highest BCUT2D eigenvalue weighted by Gasteiger charge is 2.46. The summed E-state index contributed by atoms with van der Waals surface area (Å²) in [5.74, 6) is 1.22. The number of sulfone groups is 1. The molecule has 2 saturated carbocycles. The highest BCUT2D eigenvalue weighted by Crippen LogP contribution is 2.41. The van der Waals surface area contributed by atoms with Crippen LogP contribution in [-0.2, 0) is 9.84 Å². The smallest absolute Gasteiger partial charge is 0.147 e. The van der Waals surface area contributed by atoms with Gasteiger partial charge in [-0.2, -0.15) is 0 Å². The molecule has 0 radical (unpaired) electrons. The van der Waals surface area contributed by atoms with Crippen LogP contribution in [0, 0.1) is 5.92 Å². The minimum Gasteiger partial charge on any atom is -0.311 e. The molecule has 1 saturated heterocycles. The molecule has 4 nitrogen and oxygen atoms in total. The SMILES string of the molecule is CS(=O)(=O)CCCN1CC(C2CC2)NCC12CCCC2. The molecule has 0 amide bonds. The maximum Gasteiger partial charge on any atom is 0.147 e. The van der Waals surface area contributed by atoms with Crippen LogP contribution in [0.1, 0.15) is 44.9 Å². The quantitative estimate of drug-likeness (QED) is 0.834. The Morgan fingerprint density at radius 3 is 2.55 bits per heavy atom. The maximum atomic E-state index is 11.3. The number of rotatable bonds is 5. The molecule has 3 rings (SSSR count). The average molecular weight is 300 g/mol. The van der Waals surface area contributed by atoms with Crippen LogP contribution in [0.4, 0.5) is 0 Å². The van der Waals surface area contributed by atoms with E-state index in [2.05, 4.69) is 10.2 Å². The molecule has 3 aliphatic rings. The summed E-state index contributed by atoms with van der Waals surface area (Å²) < 4.78 is 22.7. The Labute approximate surface area is 123 Å². The number of nitrogens with one attached hydrogen (secondary N) is 1. The minimum atomic E-state index is -2.82. The van der Waals surface area contributed by atoms with Gasteiger partial charge in [0.05, 0.1) is 5.75 Å². The van der Waals surface area contributed by atoms with Crippen LogP contribution >= 0.6 is 0 Å². The zero-order valence-electron chi connectivity index (χ0n) is 12.6. The van der Waals surface area contributed by atoms with E-state index in [0.29, 0.717) is 17.3 Å². The highest BCUT2D eigenvalue weighted by molar-refractivity contribution is 7.90. The molecule has 1 heterocycles. The van der Waals surface area contributed by atoms with Crippen LogP contribution in [0.2, 0.25) is 0 Å². The van der Waals surface area contributed by atoms with Crippen molar-refractivity contribution in [3.8, 4) is 0 Å². The zero-order valence-corrected chi connectivity index (χ0v) is 13.4. The average Bonchev–Trinajstić information content (AvgIpc) is 3.11. The molecule has 0 aromatic rings. The predicted molar refractivity (Wildman–Crippen MR) is 81.6 cm³/mol. The summed E-state index contributed by atoms with van der Waals surface area (Å²) in [6.45, 7) is 3.21. The molecule has 1 spiro atoms. The maximum absolute atomic E-state index is 11.3. The standard InChI is InChI=1S/C15H28N2O2S/c1-20(18,19)10-4-9-17-11-14(13-5-6-13)16-12-15(17)7-2-3-8-15/h13-14,16H,2-12H2,1H3. The molecular formula is C15H28N2O2S. The minimum absolute atomic E-state index is 0.334. The van der Waals surface area contributed by atoms with Gasteiger partial charge in [0.25, 0.3) is 0 Å². The molecule has 1 aliphatic heterocycles. The molecule has 0 aromatic heterocycles. The molecule has 116 valence electrons. The zero-order chi connectivity index (χ0) is 14.2. The molecule has 0 bridgehead atoms. The third kappa shape index (κ3) is 3.37. The van der Waals surface area contributed by atoms with Gasteiger partial charge in [-0.25, -0.2) is 8.42 Å². The fourth-order valence-electron chi connectivity index (χ4n) is 4.12. The van der Waals surface area contributed by atoms with Crippen LogP contribution < -0.4 is 5.32 Å². The van der Waals surface area contributed by atoms with E-state index in [9.17, 15) is 8.42 Å². The van der Waals surface area contributed by atoms with Crippen LogP contribution in [0.3, 0.4) is 0 Å². The van der Waals surface area contributed by atoms with Crippen molar-refractivity contribution in [1.82, 2.24) is 10.2 Å². The van der Waals surface area contributed by atoms with E-state index in [1.165, 1.54) is 44.8 Å². The molecule has 2 aliphatic carbocycles. The first kappa shape index (κ1) is 14.8. The highest BCUT2D eigenvalue weighted by atomic mass is 32.2. The lowest BCUT2D eigenvalue weighted by Crippen LogP contribution is -2.64. The van der Waals surface area contributed by atoms with Crippen LogP contribution in [0.15, 0.2) is 0 Å². The monoisotopic (exact) mass is 300 g/mol. The molecule has 1 atom stereocenters. The van der Waals surface area contributed by atoms with Crippen molar-refractivity contribution in [1.29, 1.82) is 0 Å². The summed E-state index contributed by atoms with van der Waals surface area (Å²) in [7, 11) is -2.82. The van der Waals surface area contributed by atoms with Crippen molar-refractivity contribution in [3.63, 3.8) is 0 Å². The van der Waals surface area contributed by atoms with E-state index >= 15 is 0 Å². The van der Waals surface area contributed by atoms with E-state index in [1.807, 2.05) is 0 Å². The second-order valence-corrected chi connectivity index (χ2v) is 9.45. The lowest BCUT2D eigenvalue weighted by molar-refractivity contribution is 0.0386. The largest absolute Gasteiger partial charge is 0.311 e. The van der Waals surface area contributed by atoms with Crippen molar-refractivity contribution in [2.75, 3.05) is 31.6 Å². The van der Waals surface area contributed by atoms with Crippen molar-refractivity contribution < 1.29 is 8.42 Å². The molecular weight excluding hydrogens is 272 g/mol. The number of hydrogen-bond donors (Lipinski definition) is 1. The fourth-order valence-corrected chi connectivity index (χ4v) is 4.77. The van der Waals surface area contributed by atoms with Gasteiger partial charge in [0.2, 0.25) is 0 Å². The second-order valence-electron chi connectivity index (χ2n) is 7.19. The molecule has 1 unspecified atom stereocenters. The van der Waals surface area contributed by atoms with Gasteiger partial charge < -0.3 is 5.32 Å². The van der Waals surface area contributed by atoms with Crippen LogP contribution in [0.5, 0.6) is 0 Å². The van der Waals surface area contributed by atoms with Gasteiger partial charge in [-0.3, -0.25) is 4.90 Å². The van der Waals surface area contributed by atoms with Crippen molar-refractivity contribution in [3.05, 3.63) is 0 Å². The predicted octanol–water partition coefficient (Wildman–Crippen LogP) is 1.42. The van der Waals surface area contributed by atoms with E-state index < -0.39 is 9.84 Å². The summed E-state index contributed by atoms with van der Waals surface area (Å²) in [6.07, 6.45) is 10.1. The molecule has 1 N–H and O–H groups in total. The Bertz CT molecular complexity index is 439.